The summed E-state index contributed by atoms with van der Waals surface area (Å²) in [7, 11) is 0. The van der Waals surface area contributed by atoms with Crippen LogP contribution in [0.3, 0.4) is 0 Å². The molecule has 3 aliphatic rings. The third-order valence-corrected chi connectivity index (χ3v) is 7.00. The number of hydrogen-bond acceptors (Lipinski definition) is 5. The maximum absolute atomic E-state index is 13.0. The fourth-order valence-corrected chi connectivity index (χ4v) is 5.06. The first-order valence-electron chi connectivity index (χ1n) is 10.4. The molecule has 0 radical (unpaired) electrons. The second-order valence-electron chi connectivity index (χ2n) is 8.63. The lowest BCUT2D eigenvalue weighted by atomic mass is 9.94. The van der Waals surface area contributed by atoms with Crippen molar-refractivity contribution in [1.29, 1.82) is 0 Å². The molecule has 7 heteroatoms. The number of carbonyl (C=O) groups excluding carboxylic acids is 1. The molecule has 4 rings (SSSR count). The molecule has 0 aromatic carbocycles. The van der Waals surface area contributed by atoms with Crippen LogP contribution in [0.25, 0.3) is 0 Å². The van der Waals surface area contributed by atoms with Crippen molar-refractivity contribution in [3.63, 3.8) is 0 Å². The van der Waals surface area contributed by atoms with Crippen molar-refractivity contribution in [2.75, 3.05) is 26.2 Å². The number of amides is 1. The Bertz CT molecular complexity index is 659. The van der Waals surface area contributed by atoms with Crippen molar-refractivity contribution in [2.45, 2.75) is 77.3 Å². The van der Waals surface area contributed by atoms with Gasteiger partial charge in [0, 0.05) is 18.5 Å². The number of likely N-dealkylation sites (N-methyl/N-ethyl adjacent to an activating group) is 1. The summed E-state index contributed by atoms with van der Waals surface area (Å²) in [5.41, 5.74) is -0.368. The third-order valence-electron chi connectivity index (χ3n) is 7.00. The van der Waals surface area contributed by atoms with E-state index in [1.54, 1.807) is 0 Å². The van der Waals surface area contributed by atoms with Gasteiger partial charge in [0.25, 0.3) is 0 Å². The third kappa shape index (κ3) is 2.75. The zero-order chi connectivity index (χ0) is 18.4. The summed E-state index contributed by atoms with van der Waals surface area (Å²) in [4.78, 5) is 17.5. The molecule has 1 aliphatic heterocycles. The molecule has 0 N–H and O–H groups in total. The number of carbonyl (C=O) groups is 1. The van der Waals surface area contributed by atoms with E-state index in [4.69, 9.17) is 0 Å². The molecule has 1 aromatic heterocycles. The molecular weight excluding hydrogens is 328 g/mol. The van der Waals surface area contributed by atoms with E-state index in [-0.39, 0.29) is 11.0 Å². The minimum Gasteiger partial charge on any atom is -0.340 e. The van der Waals surface area contributed by atoms with Crippen LogP contribution in [-0.4, -0.2) is 62.1 Å². The number of likely N-dealkylation sites (tertiary alicyclic amines) is 1. The van der Waals surface area contributed by atoms with E-state index in [2.05, 4.69) is 50.8 Å². The lowest BCUT2D eigenvalue weighted by molar-refractivity contribution is -0.135. The topological polar surface area (TPSA) is 67.2 Å². The summed E-state index contributed by atoms with van der Waals surface area (Å²) in [6.07, 6.45) is 7.81. The second kappa shape index (κ2) is 6.59. The standard InChI is InChI=1S/C19H32N6O/c1-4-24(5-2)19(12-13-23(14-19)17(26)18(3)10-11-18)16-20-21-22-25(16)15-8-6-7-9-15/h15H,4-14H2,1-3H3. The van der Waals surface area contributed by atoms with Crippen LogP contribution in [0.4, 0.5) is 0 Å². The van der Waals surface area contributed by atoms with Crippen LogP contribution in [0, 0.1) is 5.41 Å². The zero-order valence-corrected chi connectivity index (χ0v) is 16.4. The van der Waals surface area contributed by atoms with Crippen molar-refractivity contribution in [3.8, 4) is 0 Å². The Hall–Kier alpha value is -1.50. The Balaban J connectivity index is 1.68. The molecular formula is C19H32N6O. The molecule has 7 nitrogen and oxygen atoms in total. The molecule has 1 atom stereocenters. The van der Waals surface area contributed by atoms with Crippen LogP contribution in [0.15, 0.2) is 0 Å². The van der Waals surface area contributed by atoms with Gasteiger partial charge in [-0.2, -0.15) is 0 Å². The van der Waals surface area contributed by atoms with Crippen molar-refractivity contribution in [1.82, 2.24) is 30.0 Å². The summed E-state index contributed by atoms with van der Waals surface area (Å²) in [5.74, 6) is 1.30. The first-order chi connectivity index (χ1) is 12.5. The van der Waals surface area contributed by atoms with Crippen LogP contribution in [0.5, 0.6) is 0 Å². The zero-order valence-electron chi connectivity index (χ0n) is 16.4. The molecule has 2 saturated carbocycles. The summed E-state index contributed by atoms with van der Waals surface area (Å²) < 4.78 is 2.10. The lowest BCUT2D eigenvalue weighted by Crippen LogP contribution is -2.51. The highest BCUT2D eigenvalue weighted by Gasteiger charge is 2.54. The smallest absolute Gasteiger partial charge is 0.228 e. The van der Waals surface area contributed by atoms with Crippen LogP contribution in [0.1, 0.15) is 77.6 Å². The Morgan fingerprint density at radius 3 is 2.50 bits per heavy atom. The number of hydrogen-bond donors (Lipinski definition) is 0. The molecule has 1 aromatic rings. The normalized spacial score (nSPS) is 28.2. The van der Waals surface area contributed by atoms with Crippen LogP contribution >= 0.6 is 0 Å². The molecule has 3 fully saturated rings. The fourth-order valence-electron chi connectivity index (χ4n) is 5.06. The van der Waals surface area contributed by atoms with Gasteiger partial charge in [0.05, 0.1) is 6.04 Å². The van der Waals surface area contributed by atoms with E-state index in [0.29, 0.717) is 11.9 Å². The molecule has 0 spiro atoms. The van der Waals surface area contributed by atoms with Crippen molar-refractivity contribution in [2.24, 2.45) is 5.41 Å². The van der Waals surface area contributed by atoms with E-state index in [0.717, 1.165) is 64.1 Å². The quantitative estimate of drug-likeness (QED) is 0.779. The minimum absolute atomic E-state index is 0.114. The Kier molecular flexibility index (Phi) is 4.53. The lowest BCUT2D eigenvalue weighted by Gasteiger charge is -2.39. The Morgan fingerprint density at radius 2 is 1.88 bits per heavy atom. The van der Waals surface area contributed by atoms with Crippen LogP contribution in [-0.2, 0) is 10.3 Å². The van der Waals surface area contributed by atoms with Gasteiger partial charge in [-0.3, -0.25) is 9.69 Å². The van der Waals surface area contributed by atoms with Crippen molar-refractivity contribution in [3.05, 3.63) is 5.82 Å². The minimum atomic E-state index is -0.253. The maximum Gasteiger partial charge on any atom is 0.228 e. The predicted octanol–water partition coefficient (Wildman–Crippen LogP) is 2.36. The van der Waals surface area contributed by atoms with Crippen molar-refractivity contribution >= 4 is 5.91 Å². The van der Waals surface area contributed by atoms with Gasteiger partial charge in [-0.25, -0.2) is 4.68 Å². The SMILES string of the molecule is CCN(CC)C1(c2nnnn2C2CCCC2)CCN(C(=O)C2(C)CC2)C1. The molecule has 1 unspecified atom stereocenters. The van der Waals surface area contributed by atoms with Gasteiger partial charge in [0.2, 0.25) is 5.91 Å². The van der Waals surface area contributed by atoms with Crippen LogP contribution < -0.4 is 0 Å². The van der Waals surface area contributed by atoms with Gasteiger partial charge in [0.1, 0.15) is 5.54 Å². The highest BCUT2D eigenvalue weighted by molar-refractivity contribution is 5.85. The predicted molar refractivity (Wildman–Crippen MR) is 98.5 cm³/mol. The average Bonchev–Trinajstić information content (AvgIpc) is 3.14. The first-order valence-corrected chi connectivity index (χ1v) is 10.4. The largest absolute Gasteiger partial charge is 0.340 e. The monoisotopic (exact) mass is 360 g/mol. The van der Waals surface area contributed by atoms with Crippen LogP contribution in [0.2, 0.25) is 0 Å². The summed E-state index contributed by atoms with van der Waals surface area (Å²) >= 11 is 0. The van der Waals surface area contributed by atoms with Gasteiger partial charge in [-0.15, -0.1) is 5.10 Å². The van der Waals surface area contributed by atoms with Gasteiger partial charge in [0.15, 0.2) is 5.82 Å². The van der Waals surface area contributed by atoms with Crippen molar-refractivity contribution < 1.29 is 4.79 Å². The Morgan fingerprint density at radius 1 is 1.19 bits per heavy atom. The van der Waals surface area contributed by atoms with E-state index in [1.165, 1.54) is 12.8 Å². The molecule has 26 heavy (non-hydrogen) atoms. The molecule has 1 amide bonds. The number of tetrazole rings is 1. The van der Waals surface area contributed by atoms with E-state index < -0.39 is 0 Å². The average molecular weight is 361 g/mol. The number of aromatic nitrogens is 4. The van der Waals surface area contributed by atoms with Gasteiger partial charge in [-0.05, 0) is 55.6 Å². The van der Waals surface area contributed by atoms with E-state index >= 15 is 0 Å². The Labute approximate surface area is 156 Å². The molecule has 0 bridgehead atoms. The molecule has 2 aliphatic carbocycles. The summed E-state index contributed by atoms with van der Waals surface area (Å²) in [5, 5.41) is 13.0. The molecule has 144 valence electrons. The van der Waals surface area contributed by atoms with E-state index in [9.17, 15) is 4.79 Å². The highest BCUT2D eigenvalue weighted by Crippen LogP contribution is 2.48. The van der Waals surface area contributed by atoms with E-state index in [1.807, 2.05) is 0 Å². The molecule has 1 saturated heterocycles. The second-order valence-corrected chi connectivity index (χ2v) is 8.63. The first kappa shape index (κ1) is 17.9. The number of nitrogens with zero attached hydrogens (tertiary/aromatic N) is 6. The summed E-state index contributed by atoms with van der Waals surface area (Å²) in [6.45, 7) is 9.90. The molecule has 2 heterocycles. The maximum atomic E-state index is 13.0. The summed E-state index contributed by atoms with van der Waals surface area (Å²) in [6, 6.07) is 0.415. The van der Waals surface area contributed by atoms with Gasteiger partial charge >= 0.3 is 0 Å². The number of rotatable bonds is 6. The highest BCUT2D eigenvalue weighted by atomic mass is 16.2. The van der Waals surface area contributed by atoms with Gasteiger partial charge in [-0.1, -0.05) is 33.6 Å². The van der Waals surface area contributed by atoms with Gasteiger partial charge < -0.3 is 4.90 Å². The fraction of sp³-hybridized carbons (Fsp3) is 0.895.